The molecule has 0 aliphatic carbocycles. The molecular weight excluding hydrogens is 405 g/mol. The first-order chi connectivity index (χ1) is 14.6. The summed E-state index contributed by atoms with van der Waals surface area (Å²) in [5.41, 5.74) is 0. The zero-order chi connectivity index (χ0) is 21.4. The monoisotopic (exact) mass is 430 g/mol. The minimum absolute atomic E-state index is 0.719. The number of hydrogen-bond acceptors (Lipinski definition) is 3. The van der Waals surface area contributed by atoms with Gasteiger partial charge in [-0.25, -0.2) is 4.99 Å². The summed E-state index contributed by atoms with van der Waals surface area (Å²) in [5.74, 6) is 0. The van der Waals surface area contributed by atoms with Crippen molar-refractivity contribution in [1.29, 1.82) is 5.26 Å². The van der Waals surface area contributed by atoms with E-state index >= 15 is 0 Å². The van der Waals surface area contributed by atoms with Crippen molar-refractivity contribution in [3.05, 3.63) is 101 Å². The van der Waals surface area contributed by atoms with Crippen molar-refractivity contribution in [3.8, 4) is 6.07 Å². The normalized spacial score (nSPS) is 12.3. The summed E-state index contributed by atoms with van der Waals surface area (Å²) in [7, 11) is 1.43. The third kappa shape index (κ3) is 4.33. The van der Waals surface area contributed by atoms with Crippen molar-refractivity contribution in [2.24, 2.45) is 4.99 Å². The van der Waals surface area contributed by atoms with Gasteiger partial charge in [-0.2, -0.15) is 5.26 Å². The Morgan fingerprint density at radius 3 is 1.53 bits per heavy atom. The highest BCUT2D eigenvalue weighted by Crippen LogP contribution is 2.63. The summed E-state index contributed by atoms with van der Waals surface area (Å²) in [4.78, 5) is 6.59. The van der Waals surface area contributed by atoms with Crippen LogP contribution in [-0.2, 0) is 0 Å². The minimum atomic E-state index is -2.43. The molecule has 3 rings (SSSR count). The second kappa shape index (κ2) is 10.3. The lowest BCUT2D eigenvalue weighted by molar-refractivity contribution is 0.643. The average molecular weight is 431 g/mol. The molecule has 0 heterocycles. The van der Waals surface area contributed by atoms with Gasteiger partial charge in [0.15, 0.2) is 12.3 Å². The number of nitrogens with zero attached hydrogens (tertiary/aromatic N) is 3. The Hall–Kier alpha value is -2.86. The first-order valence-corrected chi connectivity index (χ1v) is 12.6. The molecule has 0 unspecified atom stereocenters. The van der Waals surface area contributed by atoms with Crippen molar-refractivity contribution in [2.75, 3.05) is 20.4 Å². The van der Waals surface area contributed by atoms with Crippen molar-refractivity contribution < 1.29 is 0 Å². The molecule has 0 aliphatic heterocycles. The highest BCUT2D eigenvalue weighted by atomic mass is 32.2. The van der Waals surface area contributed by atoms with Gasteiger partial charge in [0.2, 0.25) is 5.31 Å². The number of aliphatic imine (C=N–C) groups is 1. The van der Waals surface area contributed by atoms with Gasteiger partial charge in [0, 0.05) is 14.1 Å². The topological polar surface area (TPSA) is 39.4 Å². The van der Waals surface area contributed by atoms with Crippen molar-refractivity contribution in [1.82, 2.24) is 4.90 Å². The molecule has 0 N–H and O–H groups in total. The van der Waals surface area contributed by atoms with Crippen LogP contribution in [0, 0.1) is 11.3 Å². The Kier molecular flexibility index (Phi) is 7.46. The SMILES string of the molecule is CSC(/N=C/N(C)C)=C(/C#N)[P+](c1ccccc1)(c1ccccc1)c1ccccc1. The molecule has 0 fully saturated rings. The summed E-state index contributed by atoms with van der Waals surface area (Å²) < 4.78 is 0. The van der Waals surface area contributed by atoms with Gasteiger partial charge < -0.3 is 4.90 Å². The number of rotatable bonds is 7. The maximum atomic E-state index is 10.5. The van der Waals surface area contributed by atoms with E-state index in [1.165, 1.54) is 11.8 Å². The van der Waals surface area contributed by atoms with Gasteiger partial charge in [-0.15, -0.1) is 11.8 Å². The fourth-order valence-corrected chi connectivity index (χ4v) is 8.53. The van der Waals surface area contributed by atoms with Crippen LogP contribution in [0.2, 0.25) is 0 Å². The van der Waals surface area contributed by atoms with Crippen LogP contribution in [0.3, 0.4) is 0 Å². The Morgan fingerprint density at radius 2 is 1.23 bits per heavy atom. The summed E-state index contributed by atoms with van der Waals surface area (Å²) in [6.45, 7) is 0. The molecule has 0 saturated carbocycles. The van der Waals surface area contributed by atoms with E-state index in [1.807, 2.05) is 79.8 Å². The quantitative estimate of drug-likeness (QED) is 0.238. The molecule has 150 valence electrons. The number of thioether (sulfide) groups is 1. The van der Waals surface area contributed by atoms with Crippen LogP contribution in [0.25, 0.3) is 0 Å². The Morgan fingerprint density at radius 1 is 0.833 bits per heavy atom. The summed E-state index contributed by atoms with van der Waals surface area (Å²) in [6.07, 6.45) is 3.74. The van der Waals surface area contributed by atoms with Gasteiger partial charge in [0.05, 0.1) is 6.34 Å². The average Bonchev–Trinajstić information content (AvgIpc) is 2.80. The lowest BCUT2D eigenvalue weighted by Crippen LogP contribution is -2.32. The number of benzene rings is 3. The minimum Gasteiger partial charge on any atom is -0.369 e. The Labute approximate surface area is 184 Å². The zero-order valence-corrected chi connectivity index (χ0v) is 19.1. The maximum absolute atomic E-state index is 10.5. The van der Waals surface area contributed by atoms with Crippen molar-refractivity contribution in [3.63, 3.8) is 0 Å². The molecule has 5 heteroatoms. The second-order valence-corrected chi connectivity index (χ2v) is 11.0. The first-order valence-electron chi connectivity index (χ1n) is 9.60. The van der Waals surface area contributed by atoms with E-state index in [-0.39, 0.29) is 0 Å². The highest BCUT2D eigenvalue weighted by Gasteiger charge is 2.51. The maximum Gasteiger partial charge on any atom is 0.217 e. The first kappa shape index (κ1) is 21.8. The lowest BCUT2D eigenvalue weighted by Gasteiger charge is -2.27. The molecule has 3 aromatic rings. The van der Waals surface area contributed by atoms with Gasteiger partial charge in [0.25, 0.3) is 0 Å². The van der Waals surface area contributed by atoms with Crippen LogP contribution in [0.5, 0.6) is 0 Å². The van der Waals surface area contributed by atoms with Crippen LogP contribution in [-0.4, -0.2) is 31.6 Å². The standard InChI is InChI=1S/C25H25N3PS/c1-28(2)20-27-25(30-3)24(19-26)29(21-13-7-4-8-14-21,22-15-9-5-10-16-22)23-17-11-6-12-18-23/h4-18,20H,1-3H3/q+1/b25-24-,27-20+. The molecule has 30 heavy (non-hydrogen) atoms. The number of nitriles is 1. The summed E-state index contributed by atoms with van der Waals surface area (Å²) in [5, 5.41) is 15.4. The molecule has 3 nitrogen and oxygen atoms in total. The van der Waals surface area contributed by atoms with Crippen LogP contribution < -0.4 is 15.9 Å². The van der Waals surface area contributed by atoms with E-state index in [2.05, 4.69) is 42.5 Å². The molecular formula is C25H25N3PS+. The van der Waals surface area contributed by atoms with E-state index in [1.54, 1.807) is 6.34 Å². The Balaban J connectivity index is 2.49. The van der Waals surface area contributed by atoms with Gasteiger partial charge in [-0.1, -0.05) is 54.6 Å². The molecule has 0 amide bonds. The van der Waals surface area contributed by atoms with Gasteiger partial charge in [-0.05, 0) is 42.7 Å². The third-order valence-corrected chi connectivity index (χ3v) is 9.72. The second-order valence-electron chi connectivity index (χ2n) is 6.86. The predicted molar refractivity (Wildman–Crippen MR) is 133 cm³/mol. The smallest absolute Gasteiger partial charge is 0.217 e. The largest absolute Gasteiger partial charge is 0.369 e. The van der Waals surface area contributed by atoms with Gasteiger partial charge >= 0.3 is 0 Å². The lowest BCUT2D eigenvalue weighted by atomic mass is 10.4. The van der Waals surface area contributed by atoms with Gasteiger partial charge in [-0.3, -0.25) is 0 Å². The Bertz CT molecular complexity index is 959. The van der Waals surface area contributed by atoms with Crippen LogP contribution >= 0.6 is 19.0 Å². The fraction of sp³-hybridized carbons (Fsp3) is 0.120. The summed E-state index contributed by atoms with van der Waals surface area (Å²) >= 11 is 1.52. The molecule has 0 radical (unpaired) electrons. The van der Waals surface area contributed by atoms with E-state index in [0.29, 0.717) is 0 Å². The van der Waals surface area contributed by atoms with E-state index < -0.39 is 7.26 Å². The van der Waals surface area contributed by atoms with E-state index in [9.17, 15) is 5.26 Å². The fourth-order valence-electron chi connectivity index (χ4n) is 3.43. The molecule has 0 aliphatic rings. The number of allylic oxidation sites excluding steroid dienone is 1. The molecule has 0 saturated heterocycles. The molecule has 0 atom stereocenters. The van der Waals surface area contributed by atoms with Crippen LogP contribution in [0.15, 0.2) is 106 Å². The molecule has 0 bridgehead atoms. The van der Waals surface area contributed by atoms with Gasteiger partial charge in [0.1, 0.15) is 22.0 Å². The highest BCUT2D eigenvalue weighted by molar-refractivity contribution is 8.04. The number of hydrogen-bond donors (Lipinski definition) is 0. The van der Waals surface area contributed by atoms with E-state index in [0.717, 1.165) is 26.3 Å². The van der Waals surface area contributed by atoms with Crippen LogP contribution in [0.1, 0.15) is 0 Å². The third-order valence-electron chi connectivity index (χ3n) is 4.67. The zero-order valence-electron chi connectivity index (χ0n) is 17.4. The molecule has 0 aromatic heterocycles. The predicted octanol–water partition coefficient (Wildman–Crippen LogP) is 4.63. The van der Waals surface area contributed by atoms with Crippen molar-refractivity contribution in [2.45, 2.75) is 0 Å². The summed E-state index contributed by atoms with van der Waals surface area (Å²) in [6, 6.07) is 33.8. The van der Waals surface area contributed by atoms with Crippen molar-refractivity contribution >= 4 is 41.3 Å². The molecule has 0 spiro atoms. The van der Waals surface area contributed by atoms with Crippen LogP contribution in [0.4, 0.5) is 0 Å². The van der Waals surface area contributed by atoms with E-state index in [4.69, 9.17) is 4.99 Å². The molecule has 3 aromatic carbocycles.